The molecule has 39 heavy (non-hydrogen) atoms. The van der Waals surface area contributed by atoms with Gasteiger partial charge in [0, 0.05) is 0 Å². The molecule has 4 unspecified atom stereocenters. The van der Waals surface area contributed by atoms with Crippen molar-refractivity contribution < 1.29 is 13.5 Å². The normalized spacial score (nSPS) is 29.0. The number of rotatable bonds is 10. The molecule has 2 aromatic carbocycles. The van der Waals surface area contributed by atoms with Gasteiger partial charge in [0.1, 0.15) is 0 Å². The van der Waals surface area contributed by atoms with E-state index in [1.54, 1.807) is 23.8 Å². The average molecular weight is 535 g/mol. The Morgan fingerprint density at radius 1 is 0.769 bits per heavy atom. The Hall–Kier alpha value is -2.16. The third-order valence-electron chi connectivity index (χ3n) is 10.4. The minimum atomic E-state index is -0.842. The second-order valence-corrected chi connectivity index (χ2v) is 12.9. The van der Waals surface area contributed by atoms with Gasteiger partial charge in [0.15, 0.2) is 11.6 Å². The van der Waals surface area contributed by atoms with Crippen LogP contribution in [-0.4, -0.2) is 6.61 Å². The summed E-state index contributed by atoms with van der Waals surface area (Å²) in [5.74, 6) is 3.21. The Kier molecular flexibility index (Phi) is 9.80. The topological polar surface area (TPSA) is 9.23 Å². The number of benzene rings is 2. The van der Waals surface area contributed by atoms with Gasteiger partial charge in [-0.1, -0.05) is 49.8 Å². The molecule has 3 heteroatoms. The van der Waals surface area contributed by atoms with E-state index in [4.69, 9.17) is 4.74 Å². The number of aryl methyl sites for hydroxylation is 2. The van der Waals surface area contributed by atoms with Gasteiger partial charge in [-0.15, -0.1) is 6.58 Å². The molecule has 3 aliphatic rings. The van der Waals surface area contributed by atoms with Crippen molar-refractivity contribution in [2.45, 2.75) is 103 Å². The molecule has 3 aliphatic carbocycles. The fourth-order valence-corrected chi connectivity index (χ4v) is 8.07. The first kappa shape index (κ1) is 28.4. The molecule has 212 valence electrons. The van der Waals surface area contributed by atoms with Crippen LogP contribution in [0.2, 0.25) is 0 Å². The Morgan fingerprint density at radius 2 is 1.44 bits per heavy atom. The first-order valence-corrected chi connectivity index (χ1v) is 15.8. The lowest BCUT2D eigenvalue weighted by Crippen LogP contribution is -2.34. The predicted octanol–water partition coefficient (Wildman–Crippen LogP) is 10.2. The van der Waals surface area contributed by atoms with E-state index >= 15 is 0 Å². The van der Waals surface area contributed by atoms with E-state index in [-0.39, 0.29) is 5.75 Å². The molecule has 0 spiro atoms. The standard InChI is InChI=1S/C36H48F2O/c1-3-5-7-29-20-21-34(36(38)35(29)37)39-24-26-10-14-28(15-11-26)31-17-19-32-22-30(16-18-33(32)23-31)27-12-8-25(6-4-2)9-13-27/h3,8-9,12-13,20-21,26,28,30-33H,1,4-7,10-11,14-19,22-24H2,2H3. The molecule has 0 bridgehead atoms. The van der Waals surface area contributed by atoms with Crippen molar-refractivity contribution >= 4 is 0 Å². The van der Waals surface area contributed by atoms with Crippen molar-refractivity contribution in [3.63, 3.8) is 0 Å². The molecule has 2 aromatic rings. The van der Waals surface area contributed by atoms with Crippen LogP contribution in [0.5, 0.6) is 5.75 Å². The van der Waals surface area contributed by atoms with Gasteiger partial charge in [-0.25, -0.2) is 4.39 Å². The van der Waals surface area contributed by atoms with Crippen LogP contribution in [0.3, 0.4) is 0 Å². The fourth-order valence-electron chi connectivity index (χ4n) is 8.07. The highest BCUT2D eigenvalue weighted by Crippen LogP contribution is 2.51. The number of ether oxygens (including phenoxy) is 1. The van der Waals surface area contributed by atoms with Crippen molar-refractivity contribution in [1.82, 2.24) is 0 Å². The summed E-state index contributed by atoms with van der Waals surface area (Å²) >= 11 is 0. The number of hydrogen-bond donors (Lipinski definition) is 0. The monoisotopic (exact) mass is 534 g/mol. The van der Waals surface area contributed by atoms with Crippen LogP contribution in [0, 0.1) is 41.2 Å². The molecule has 0 aliphatic heterocycles. The quantitative estimate of drug-likeness (QED) is 0.276. The maximum Gasteiger partial charge on any atom is 0.200 e. The van der Waals surface area contributed by atoms with Crippen molar-refractivity contribution in [3.05, 3.63) is 77.4 Å². The van der Waals surface area contributed by atoms with Crippen molar-refractivity contribution in [2.75, 3.05) is 6.61 Å². The second kappa shape index (κ2) is 13.5. The summed E-state index contributed by atoms with van der Waals surface area (Å²) in [5.41, 5.74) is 3.44. The van der Waals surface area contributed by atoms with E-state index in [0.717, 1.165) is 42.4 Å². The summed E-state index contributed by atoms with van der Waals surface area (Å²) in [5, 5.41) is 0. The van der Waals surface area contributed by atoms with Crippen molar-refractivity contribution in [2.24, 2.45) is 29.6 Å². The minimum absolute atomic E-state index is 0.0582. The lowest BCUT2D eigenvalue weighted by Gasteiger charge is -2.45. The van der Waals surface area contributed by atoms with Crippen molar-refractivity contribution in [1.29, 1.82) is 0 Å². The Morgan fingerprint density at radius 3 is 2.15 bits per heavy atom. The molecule has 0 amide bonds. The van der Waals surface area contributed by atoms with Gasteiger partial charge in [-0.2, -0.15) is 4.39 Å². The van der Waals surface area contributed by atoms with Crippen LogP contribution in [0.4, 0.5) is 8.78 Å². The molecule has 0 radical (unpaired) electrons. The zero-order valence-electron chi connectivity index (χ0n) is 24.0. The Balaban J connectivity index is 1.06. The van der Waals surface area contributed by atoms with E-state index in [0.29, 0.717) is 30.9 Å². The molecule has 5 rings (SSSR count). The summed E-state index contributed by atoms with van der Waals surface area (Å²) in [6.07, 6.45) is 18.4. The molecule has 0 saturated heterocycles. The molecule has 3 saturated carbocycles. The summed E-state index contributed by atoms with van der Waals surface area (Å²) in [4.78, 5) is 0. The minimum Gasteiger partial charge on any atom is -0.490 e. The molecule has 0 heterocycles. The van der Waals surface area contributed by atoms with E-state index in [9.17, 15) is 8.78 Å². The van der Waals surface area contributed by atoms with Crippen molar-refractivity contribution in [3.8, 4) is 5.75 Å². The number of hydrogen-bond acceptors (Lipinski definition) is 1. The summed E-state index contributed by atoms with van der Waals surface area (Å²) < 4.78 is 34.7. The Bertz CT molecular complexity index is 1070. The van der Waals surface area contributed by atoms with Crippen LogP contribution in [0.25, 0.3) is 0 Å². The van der Waals surface area contributed by atoms with Crippen LogP contribution in [-0.2, 0) is 12.8 Å². The van der Waals surface area contributed by atoms with Crippen LogP contribution >= 0.6 is 0 Å². The summed E-state index contributed by atoms with van der Waals surface area (Å²) in [6.45, 7) is 6.40. The van der Waals surface area contributed by atoms with E-state index in [2.05, 4.69) is 37.8 Å². The van der Waals surface area contributed by atoms with Crippen LogP contribution in [0.15, 0.2) is 49.1 Å². The number of halogens is 2. The van der Waals surface area contributed by atoms with E-state index in [1.165, 1.54) is 69.8 Å². The first-order chi connectivity index (χ1) is 19.1. The third-order valence-corrected chi connectivity index (χ3v) is 10.4. The highest BCUT2D eigenvalue weighted by atomic mass is 19.2. The Labute approximate surface area is 235 Å². The maximum absolute atomic E-state index is 14.5. The van der Waals surface area contributed by atoms with E-state index in [1.807, 2.05) is 0 Å². The SMILES string of the molecule is C=CCCc1ccc(OCC2CCC(C3CCC4CC(c5ccc(CCC)cc5)CCC4C3)CC2)c(F)c1F. The van der Waals surface area contributed by atoms with Crippen LogP contribution < -0.4 is 4.74 Å². The third kappa shape index (κ3) is 6.95. The fraction of sp³-hybridized carbons (Fsp3) is 0.611. The largest absolute Gasteiger partial charge is 0.490 e. The first-order valence-electron chi connectivity index (χ1n) is 15.8. The average Bonchev–Trinajstić information content (AvgIpc) is 2.98. The zero-order valence-corrected chi connectivity index (χ0v) is 24.0. The lowest BCUT2D eigenvalue weighted by molar-refractivity contribution is 0.0663. The van der Waals surface area contributed by atoms with Gasteiger partial charge in [-0.3, -0.25) is 0 Å². The molecular formula is C36H48F2O. The summed E-state index contributed by atoms with van der Waals surface area (Å²) in [7, 11) is 0. The lowest BCUT2D eigenvalue weighted by atomic mass is 9.60. The second-order valence-electron chi connectivity index (χ2n) is 12.9. The predicted molar refractivity (Wildman–Crippen MR) is 157 cm³/mol. The number of fused-ring (bicyclic) bond motifs is 1. The van der Waals surface area contributed by atoms with E-state index < -0.39 is 11.6 Å². The maximum atomic E-state index is 14.5. The zero-order chi connectivity index (χ0) is 27.2. The van der Waals surface area contributed by atoms with Gasteiger partial charge in [0.2, 0.25) is 5.82 Å². The highest BCUT2D eigenvalue weighted by molar-refractivity contribution is 5.31. The molecular weight excluding hydrogens is 486 g/mol. The molecule has 0 N–H and O–H groups in total. The van der Waals surface area contributed by atoms with Gasteiger partial charge in [0.05, 0.1) is 6.61 Å². The van der Waals surface area contributed by atoms with Gasteiger partial charge >= 0.3 is 0 Å². The smallest absolute Gasteiger partial charge is 0.200 e. The molecule has 1 nitrogen and oxygen atoms in total. The van der Waals surface area contributed by atoms with Gasteiger partial charge in [0.25, 0.3) is 0 Å². The van der Waals surface area contributed by atoms with Gasteiger partial charge in [-0.05, 0) is 142 Å². The molecule has 3 fully saturated rings. The van der Waals surface area contributed by atoms with Gasteiger partial charge < -0.3 is 4.74 Å². The molecule has 0 aromatic heterocycles. The van der Waals surface area contributed by atoms with Crippen LogP contribution in [0.1, 0.15) is 107 Å². The summed E-state index contributed by atoms with van der Waals surface area (Å²) in [6, 6.07) is 12.8. The number of allylic oxidation sites excluding steroid dienone is 1. The highest BCUT2D eigenvalue weighted by Gasteiger charge is 2.39. The molecule has 4 atom stereocenters.